The summed E-state index contributed by atoms with van der Waals surface area (Å²) in [7, 11) is -2.83. The second kappa shape index (κ2) is 16.4. The van der Waals surface area contributed by atoms with Gasteiger partial charge in [-0.3, -0.25) is 13.9 Å². The van der Waals surface area contributed by atoms with Crippen molar-refractivity contribution in [2.24, 2.45) is 0 Å². The molecule has 0 heterocycles. The topological polar surface area (TPSA) is 96.0 Å². The predicted molar refractivity (Wildman–Crippen MR) is 188 cm³/mol. The first-order chi connectivity index (χ1) is 22.4. The number of rotatable bonds is 14. The Hall–Kier alpha value is -3.76. The molecular weight excluding hydrogens is 681 g/mol. The van der Waals surface area contributed by atoms with E-state index in [0.29, 0.717) is 27.8 Å². The highest BCUT2D eigenvalue weighted by Crippen LogP contribution is 2.29. The summed E-state index contributed by atoms with van der Waals surface area (Å²) >= 11 is 19.0. The largest absolute Gasteiger partial charge is 0.497 e. The molecule has 2 atom stereocenters. The van der Waals surface area contributed by atoms with Crippen LogP contribution >= 0.6 is 34.8 Å². The van der Waals surface area contributed by atoms with Gasteiger partial charge >= 0.3 is 0 Å². The normalized spacial score (nSPS) is 12.6. The van der Waals surface area contributed by atoms with Crippen molar-refractivity contribution in [3.63, 3.8) is 0 Å². The molecule has 4 rings (SSSR count). The van der Waals surface area contributed by atoms with Crippen LogP contribution in [0.1, 0.15) is 31.4 Å². The number of hydrogen-bond acceptors (Lipinski definition) is 5. The van der Waals surface area contributed by atoms with Gasteiger partial charge in [-0.25, -0.2) is 8.42 Å². The molecule has 0 spiro atoms. The first kappa shape index (κ1) is 36.1. The third-order valence-corrected chi connectivity index (χ3v) is 10.3. The molecule has 248 valence electrons. The fourth-order valence-electron chi connectivity index (χ4n) is 4.86. The molecule has 4 aromatic rings. The Morgan fingerprint density at radius 1 is 0.872 bits per heavy atom. The number of nitrogens with one attached hydrogen (secondary N) is 1. The van der Waals surface area contributed by atoms with Gasteiger partial charge < -0.3 is 15.0 Å². The molecule has 0 aliphatic rings. The maximum absolute atomic E-state index is 14.6. The first-order valence-corrected chi connectivity index (χ1v) is 17.5. The molecular formula is C35H36Cl3N3O5S. The average molecular weight is 717 g/mol. The summed E-state index contributed by atoms with van der Waals surface area (Å²) in [6, 6.07) is 25.1. The monoisotopic (exact) mass is 715 g/mol. The highest BCUT2D eigenvalue weighted by Gasteiger charge is 2.35. The zero-order valence-corrected chi connectivity index (χ0v) is 29.3. The van der Waals surface area contributed by atoms with Gasteiger partial charge in [0.15, 0.2) is 0 Å². The van der Waals surface area contributed by atoms with Crippen LogP contribution in [0.3, 0.4) is 0 Å². The van der Waals surface area contributed by atoms with Gasteiger partial charge in [-0.2, -0.15) is 0 Å². The SMILES string of the molecule is CC[C@H](C)NC(=O)[C@H](Cc1ccccc1)N(Cc1ccc(Cl)cc1Cl)C(=O)CN(c1cccc(Cl)c1)S(=O)(=O)c1ccc(OC)cc1. The van der Waals surface area contributed by atoms with E-state index in [2.05, 4.69) is 5.32 Å². The van der Waals surface area contributed by atoms with Crippen molar-refractivity contribution in [1.82, 2.24) is 10.2 Å². The van der Waals surface area contributed by atoms with Crippen LogP contribution in [0.25, 0.3) is 0 Å². The van der Waals surface area contributed by atoms with Crippen LogP contribution in [0.2, 0.25) is 15.1 Å². The van der Waals surface area contributed by atoms with Gasteiger partial charge in [0.2, 0.25) is 11.8 Å². The molecule has 0 aliphatic heterocycles. The average Bonchev–Trinajstić information content (AvgIpc) is 3.06. The lowest BCUT2D eigenvalue weighted by atomic mass is 10.0. The number of benzene rings is 4. The van der Waals surface area contributed by atoms with E-state index in [9.17, 15) is 18.0 Å². The standard InChI is InChI=1S/C35H36Cl3N3O5S/c1-4-24(2)39-35(43)33(19-25-9-6-5-7-10-25)40(22-26-13-14-28(37)21-32(26)38)34(42)23-41(29-12-8-11-27(36)20-29)47(44,45)31-17-15-30(46-3)16-18-31/h5-18,20-21,24,33H,4,19,22-23H2,1-3H3,(H,39,43)/t24-,33-/m0/s1. The lowest BCUT2D eigenvalue weighted by Gasteiger charge is -2.34. The van der Waals surface area contributed by atoms with Crippen molar-refractivity contribution in [1.29, 1.82) is 0 Å². The number of sulfonamides is 1. The molecule has 8 nitrogen and oxygen atoms in total. The van der Waals surface area contributed by atoms with Crippen LogP contribution in [0.15, 0.2) is 102 Å². The number of amides is 2. The summed E-state index contributed by atoms with van der Waals surface area (Å²) < 4.78 is 34.6. The van der Waals surface area contributed by atoms with Crippen molar-refractivity contribution < 1.29 is 22.7 Å². The maximum Gasteiger partial charge on any atom is 0.264 e. The summed E-state index contributed by atoms with van der Waals surface area (Å²) in [5, 5.41) is 3.99. The minimum absolute atomic E-state index is 0.0614. The molecule has 0 bridgehead atoms. The fraction of sp³-hybridized carbons (Fsp3) is 0.257. The Kier molecular flexibility index (Phi) is 12.6. The predicted octanol–water partition coefficient (Wildman–Crippen LogP) is 7.41. The zero-order valence-electron chi connectivity index (χ0n) is 26.2. The Morgan fingerprint density at radius 2 is 1.55 bits per heavy atom. The summed E-state index contributed by atoms with van der Waals surface area (Å²) in [6.07, 6.45) is 0.839. The maximum atomic E-state index is 14.6. The minimum Gasteiger partial charge on any atom is -0.497 e. The van der Waals surface area contributed by atoms with Crippen LogP contribution in [0.4, 0.5) is 5.69 Å². The molecule has 2 amide bonds. The van der Waals surface area contributed by atoms with Crippen molar-refractivity contribution in [3.05, 3.63) is 123 Å². The number of ether oxygens (including phenoxy) is 1. The van der Waals surface area contributed by atoms with E-state index in [1.165, 1.54) is 42.3 Å². The smallest absolute Gasteiger partial charge is 0.264 e. The second-order valence-corrected chi connectivity index (χ2v) is 14.1. The molecule has 0 saturated carbocycles. The summed E-state index contributed by atoms with van der Waals surface area (Å²) in [5.74, 6) is -0.543. The Balaban J connectivity index is 1.83. The Bertz CT molecular complexity index is 1790. The molecule has 0 fully saturated rings. The van der Waals surface area contributed by atoms with E-state index < -0.39 is 28.5 Å². The third-order valence-electron chi connectivity index (χ3n) is 7.65. The molecule has 0 aromatic heterocycles. The fourth-order valence-corrected chi connectivity index (χ4v) is 6.92. The van der Waals surface area contributed by atoms with Crippen LogP contribution in [0, 0.1) is 0 Å². The van der Waals surface area contributed by atoms with Gasteiger partial charge in [0.05, 0.1) is 17.7 Å². The summed E-state index contributed by atoms with van der Waals surface area (Å²) in [6.45, 7) is 3.09. The van der Waals surface area contributed by atoms with Crippen molar-refractivity contribution in [3.8, 4) is 5.75 Å². The van der Waals surface area contributed by atoms with Gasteiger partial charge in [0, 0.05) is 34.1 Å². The van der Waals surface area contributed by atoms with Crippen molar-refractivity contribution >= 4 is 62.3 Å². The molecule has 0 aliphatic carbocycles. The van der Waals surface area contributed by atoms with Gasteiger partial charge in [-0.1, -0.05) is 84.2 Å². The van der Waals surface area contributed by atoms with E-state index >= 15 is 0 Å². The number of halogens is 3. The number of carbonyl (C=O) groups is 2. The van der Waals surface area contributed by atoms with Gasteiger partial charge in [0.25, 0.3) is 10.0 Å². The minimum atomic E-state index is -4.31. The van der Waals surface area contributed by atoms with Crippen LogP contribution < -0.4 is 14.4 Å². The van der Waals surface area contributed by atoms with Crippen LogP contribution in [0.5, 0.6) is 5.75 Å². The van der Waals surface area contributed by atoms with Crippen molar-refractivity contribution in [2.45, 2.75) is 50.2 Å². The number of anilines is 1. The lowest BCUT2D eigenvalue weighted by molar-refractivity contribution is -0.140. The van der Waals surface area contributed by atoms with E-state index in [4.69, 9.17) is 39.5 Å². The Morgan fingerprint density at radius 3 is 2.17 bits per heavy atom. The Labute approximate surface area is 291 Å². The third kappa shape index (κ3) is 9.41. The summed E-state index contributed by atoms with van der Waals surface area (Å²) in [4.78, 5) is 29.8. The molecule has 1 N–H and O–H groups in total. The van der Waals surface area contributed by atoms with Gasteiger partial charge in [-0.05, 0) is 79.1 Å². The molecule has 0 unspecified atom stereocenters. The zero-order chi connectivity index (χ0) is 34.1. The molecule has 0 radical (unpaired) electrons. The number of carbonyl (C=O) groups excluding carboxylic acids is 2. The first-order valence-electron chi connectivity index (χ1n) is 14.9. The van der Waals surface area contributed by atoms with E-state index in [-0.39, 0.29) is 40.5 Å². The molecule has 4 aromatic carbocycles. The summed E-state index contributed by atoms with van der Waals surface area (Å²) in [5.41, 5.74) is 1.52. The molecule has 47 heavy (non-hydrogen) atoms. The highest BCUT2D eigenvalue weighted by atomic mass is 35.5. The quantitative estimate of drug-likeness (QED) is 0.147. The molecule has 12 heteroatoms. The van der Waals surface area contributed by atoms with E-state index in [1.807, 2.05) is 44.2 Å². The van der Waals surface area contributed by atoms with Gasteiger partial charge in [-0.15, -0.1) is 0 Å². The number of hydrogen-bond donors (Lipinski definition) is 1. The van der Waals surface area contributed by atoms with E-state index in [1.54, 1.807) is 36.4 Å². The second-order valence-electron chi connectivity index (χ2n) is 10.9. The number of methoxy groups -OCH3 is 1. The van der Waals surface area contributed by atoms with Crippen LogP contribution in [-0.2, 0) is 32.6 Å². The number of nitrogens with zero attached hydrogens (tertiary/aromatic N) is 2. The van der Waals surface area contributed by atoms with Crippen LogP contribution in [-0.4, -0.2) is 50.9 Å². The van der Waals surface area contributed by atoms with E-state index in [0.717, 1.165) is 9.87 Å². The lowest BCUT2D eigenvalue weighted by Crippen LogP contribution is -2.54. The molecule has 0 saturated heterocycles. The van der Waals surface area contributed by atoms with Gasteiger partial charge in [0.1, 0.15) is 18.3 Å². The highest BCUT2D eigenvalue weighted by molar-refractivity contribution is 7.92. The van der Waals surface area contributed by atoms with Crippen molar-refractivity contribution in [2.75, 3.05) is 18.0 Å².